The number of carbonyl (C=O) groups excluding carboxylic acids is 1. The van der Waals surface area contributed by atoms with Crippen LogP contribution in [0, 0.1) is 6.92 Å². The third-order valence-corrected chi connectivity index (χ3v) is 3.69. The first-order valence-corrected chi connectivity index (χ1v) is 7.48. The summed E-state index contributed by atoms with van der Waals surface area (Å²) in [6.45, 7) is 1.64. The number of rotatable bonds is 6. The lowest BCUT2D eigenvalue weighted by Gasteiger charge is -2.13. The van der Waals surface area contributed by atoms with Crippen LogP contribution in [0.25, 0.3) is 5.65 Å². The van der Waals surface area contributed by atoms with E-state index >= 15 is 0 Å². The Hall–Kier alpha value is -2.42. The lowest BCUT2D eigenvalue weighted by Crippen LogP contribution is -2.41. The summed E-state index contributed by atoms with van der Waals surface area (Å²) in [4.78, 5) is 38.4. The van der Waals surface area contributed by atoms with Crippen molar-refractivity contribution in [1.29, 1.82) is 0 Å². The molecule has 0 fully saturated rings. The van der Waals surface area contributed by atoms with Crippen molar-refractivity contribution in [3.8, 4) is 0 Å². The van der Waals surface area contributed by atoms with Gasteiger partial charge in [0.05, 0.1) is 5.69 Å². The fourth-order valence-corrected chi connectivity index (χ4v) is 2.50. The maximum absolute atomic E-state index is 12.4. The zero-order valence-electron chi connectivity index (χ0n) is 12.1. The second-order valence-corrected chi connectivity index (χ2v) is 5.83. The highest BCUT2D eigenvalue weighted by Gasteiger charge is 2.24. The van der Waals surface area contributed by atoms with E-state index in [2.05, 4.69) is 26.2 Å². The quantitative estimate of drug-likeness (QED) is 0.693. The Morgan fingerprint density at radius 1 is 1.35 bits per heavy atom. The minimum atomic E-state index is -1.28. The van der Waals surface area contributed by atoms with Gasteiger partial charge in [-0.25, -0.2) is 9.78 Å². The van der Waals surface area contributed by atoms with Gasteiger partial charge in [0, 0.05) is 17.1 Å². The maximum atomic E-state index is 12.4. The molecule has 0 aromatic carbocycles. The molecule has 122 valence electrons. The third-order valence-electron chi connectivity index (χ3n) is 3.22. The maximum Gasteiger partial charge on any atom is 0.326 e. The fraction of sp³-hybridized carbons (Fsp3) is 0.286. The second kappa shape index (κ2) is 6.78. The van der Waals surface area contributed by atoms with Crippen molar-refractivity contribution in [2.45, 2.75) is 25.8 Å². The van der Waals surface area contributed by atoms with Crippen LogP contribution in [0.4, 0.5) is 0 Å². The van der Waals surface area contributed by atoms with Gasteiger partial charge in [0.15, 0.2) is 0 Å². The highest BCUT2D eigenvalue weighted by atomic mass is 79.9. The van der Waals surface area contributed by atoms with Crippen LogP contribution in [-0.2, 0) is 9.59 Å². The zero-order valence-corrected chi connectivity index (χ0v) is 13.7. The number of nitrogens with one attached hydrogen (secondary N) is 1. The number of imidazole rings is 1. The molecule has 3 N–H and O–H groups in total. The van der Waals surface area contributed by atoms with Crippen molar-refractivity contribution in [2.24, 2.45) is 0 Å². The first-order chi connectivity index (χ1) is 10.8. The molecule has 9 heteroatoms. The van der Waals surface area contributed by atoms with Crippen molar-refractivity contribution < 1.29 is 24.6 Å². The molecule has 0 bridgehead atoms. The average molecular weight is 384 g/mol. The van der Waals surface area contributed by atoms with Crippen LogP contribution in [-0.4, -0.2) is 43.5 Å². The second-order valence-electron chi connectivity index (χ2n) is 4.92. The normalized spacial score (nSPS) is 12.1. The van der Waals surface area contributed by atoms with Gasteiger partial charge in [0.2, 0.25) is 0 Å². The molecule has 8 nitrogen and oxygen atoms in total. The molecular weight excluding hydrogens is 370 g/mol. The van der Waals surface area contributed by atoms with Crippen LogP contribution in [0.5, 0.6) is 0 Å². The number of amides is 1. The van der Waals surface area contributed by atoms with Gasteiger partial charge in [0.25, 0.3) is 5.91 Å². The van der Waals surface area contributed by atoms with E-state index in [1.807, 2.05) is 0 Å². The number of carbonyl (C=O) groups is 3. The molecule has 0 saturated carbocycles. The number of aliphatic carboxylic acids is 2. The smallest absolute Gasteiger partial charge is 0.326 e. The molecule has 0 spiro atoms. The molecule has 1 unspecified atom stereocenters. The molecule has 0 aliphatic carbocycles. The van der Waals surface area contributed by atoms with E-state index < -0.39 is 23.9 Å². The number of fused-ring (bicyclic) bond motifs is 1. The first-order valence-electron chi connectivity index (χ1n) is 6.69. The predicted molar refractivity (Wildman–Crippen MR) is 83.4 cm³/mol. The SMILES string of the molecule is Cc1nc2ccc(Br)cn2c1C(=O)NC(CCC(=O)O)C(=O)O. The Morgan fingerprint density at radius 3 is 2.65 bits per heavy atom. The van der Waals surface area contributed by atoms with Gasteiger partial charge in [-0.15, -0.1) is 0 Å². The largest absolute Gasteiger partial charge is 0.481 e. The van der Waals surface area contributed by atoms with Crippen molar-refractivity contribution in [3.05, 3.63) is 34.2 Å². The summed E-state index contributed by atoms with van der Waals surface area (Å²) < 4.78 is 2.28. The Bertz CT molecular complexity index is 786. The number of nitrogens with zero attached hydrogens (tertiary/aromatic N) is 2. The number of aromatic nitrogens is 2. The summed E-state index contributed by atoms with van der Waals surface area (Å²) in [7, 11) is 0. The Kier molecular flexibility index (Phi) is 4.99. The summed E-state index contributed by atoms with van der Waals surface area (Å²) in [6.07, 6.45) is 1.10. The molecule has 0 aliphatic heterocycles. The monoisotopic (exact) mass is 383 g/mol. The number of carboxylic acid groups (broad SMARTS) is 2. The van der Waals surface area contributed by atoms with Gasteiger partial charge in [-0.2, -0.15) is 0 Å². The number of carboxylic acids is 2. The van der Waals surface area contributed by atoms with E-state index in [1.165, 1.54) is 0 Å². The zero-order chi connectivity index (χ0) is 17.1. The van der Waals surface area contributed by atoms with Crippen LogP contribution in [0.1, 0.15) is 29.0 Å². The van der Waals surface area contributed by atoms with E-state index in [4.69, 9.17) is 10.2 Å². The van der Waals surface area contributed by atoms with E-state index in [-0.39, 0.29) is 18.5 Å². The minimum Gasteiger partial charge on any atom is -0.481 e. The molecule has 23 heavy (non-hydrogen) atoms. The van der Waals surface area contributed by atoms with Crippen molar-refractivity contribution in [1.82, 2.24) is 14.7 Å². The molecule has 2 heterocycles. The van der Waals surface area contributed by atoms with E-state index in [0.717, 1.165) is 4.47 Å². The third kappa shape index (κ3) is 3.86. The number of halogens is 1. The molecule has 1 atom stereocenters. The lowest BCUT2D eigenvalue weighted by molar-refractivity contribution is -0.140. The summed E-state index contributed by atoms with van der Waals surface area (Å²) in [5.74, 6) is -3.03. The van der Waals surface area contributed by atoms with Gasteiger partial charge in [-0.1, -0.05) is 0 Å². The Morgan fingerprint density at radius 2 is 2.04 bits per heavy atom. The van der Waals surface area contributed by atoms with Gasteiger partial charge >= 0.3 is 11.9 Å². The van der Waals surface area contributed by atoms with E-state index in [0.29, 0.717) is 11.3 Å². The van der Waals surface area contributed by atoms with Crippen LogP contribution < -0.4 is 5.32 Å². The topological polar surface area (TPSA) is 121 Å². The highest BCUT2D eigenvalue weighted by molar-refractivity contribution is 9.10. The van der Waals surface area contributed by atoms with E-state index in [1.54, 1.807) is 29.7 Å². The predicted octanol–water partition coefficient (Wildman–Crippen LogP) is 1.45. The van der Waals surface area contributed by atoms with Crippen molar-refractivity contribution in [2.75, 3.05) is 0 Å². The van der Waals surface area contributed by atoms with Crippen LogP contribution in [0.15, 0.2) is 22.8 Å². The van der Waals surface area contributed by atoms with Crippen LogP contribution >= 0.6 is 15.9 Å². The highest BCUT2D eigenvalue weighted by Crippen LogP contribution is 2.17. The number of hydrogen-bond acceptors (Lipinski definition) is 4. The van der Waals surface area contributed by atoms with Crippen molar-refractivity contribution >= 4 is 39.4 Å². The fourth-order valence-electron chi connectivity index (χ4n) is 2.16. The summed E-state index contributed by atoms with van der Waals surface area (Å²) in [6, 6.07) is 2.21. The Labute approximate surface area is 139 Å². The standard InChI is InChI=1S/C14H14BrN3O5/c1-7-12(18-6-8(15)2-4-10(18)16-7)13(21)17-9(14(22)23)3-5-11(19)20/h2,4,6,9H,3,5H2,1H3,(H,17,21)(H,19,20)(H,22,23). The van der Waals surface area contributed by atoms with Crippen molar-refractivity contribution in [3.63, 3.8) is 0 Å². The number of aryl methyl sites for hydroxylation is 1. The molecule has 2 rings (SSSR count). The van der Waals surface area contributed by atoms with Crippen LogP contribution in [0.3, 0.4) is 0 Å². The lowest BCUT2D eigenvalue weighted by atomic mass is 10.1. The molecule has 2 aromatic heterocycles. The minimum absolute atomic E-state index is 0.199. The summed E-state index contributed by atoms with van der Waals surface area (Å²) >= 11 is 3.30. The molecule has 0 aliphatic rings. The molecular formula is C14H14BrN3O5. The Balaban J connectivity index is 2.28. The van der Waals surface area contributed by atoms with Gasteiger partial charge in [0.1, 0.15) is 17.4 Å². The summed E-state index contributed by atoms with van der Waals surface area (Å²) in [5, 5.41) is 20.1. The van der Waals surface area contributed by atoms with Gasteiger partial charge in [-0.3, -0.25) is 14.0 Å². The molecule has 0 radical (unpaired) electrons. The van der Waals surface area contributed by atoms with Gasteiger partial charge < -0.3 is 15.5 Å². The first kappa shape index (κ1) is 16.9. The average Bonchev–Trinajstić information content (AvgIpc) is 2.77. The van der Waals surface area contributed by atoms with E-state index in [9.17, 15) is 14.4 Å². The summed E-state index contributed by atoms with van der Waals surface area (Å²) in [5.41, 5.74) is 1.21. The number of pyridine rings is 1. The molecule has 1 amide bonds. The molecule has 0 saturated heterocycles. The van der Waals surface area contributed by atoms with Crippen LogP contribution in [0.2, 0.25) is 0 Å². The van der Waals surface area contributed by atoms with Gasteiger partial charge in [-0.05, 0) is 41.4 Å². The molecule has 2 aromatic rings. The number of hydrogen-bond donors (Lipinski definition) is 3.